The highest BCUT2D eigenvalue weighted by atomic mass is 32.1. The lowest BCUT2D eigenvalue weighted by Gasteiger charge is -2.13. The molecule has 2 N–H and O–H groups in total. The number of aromatic nitrogens is 2. The van der Waals surface area contributed by atoms with E-state index in [0.29, 0.717) is 25.2 Å². The summed E-state index contributed by atoms with van der Waals surface area (Å²) in [6, 6.07) is 1.99. The SMILES string of the molecule is CCc1nnc(NCc2ccsc2)c(C(=O)O)c1CC. The minimum absolute atomic E-state index is 0.245. The Hall–Kier alpha value is -1.95. The molecular weight excluding hydrogens is 274 g/mol. The number of aromatic carboxylic acids is 1. The summed E-state index contributed by atoms with van der Waals surface area (Å²) in [6.45, 7) is 4.44. The van der Waals surface area contributed by atoms with E-state index in [1.165, 1.54) is 0 Å². The van der Waals surface area contributed by atoms with Crippen LogP contribution in [0.15, 0.2) is 16.8 Å². The number of carbonyl (C=O) groups is 1. The van der Waals surface area contributed by atoms with Crippen LogP contribution in [0.5, 0.6) is 0 Å². The van der Waals surface area contributed by atoms with E-state index in [0.717, 1.165) is 16.8 Å². The molecule has 0 saturated carbocycles. The van der Waals surface area contributed by atoms with Crippen LogP contribution >= 0.6 is 11.3 Å². The third-order valence-electron chi connectivity index (χ3n) is 3.10. The fourth-order valence-corrected chi connectivity index (χ4v) is 2.77. The Morgan fingerprint density at radius 1 is 1.35 bits per heavy atom. The molecule has 20 heavy (non-hydrogen) atoms. The molecule has 6 heteroatoms. The number of nitrogens with one attached hydrogen (secondary N) is 1. The first-order valence-electron chi connectivity index (χ1n) is 6.54. The lowest BCUT2D eigenvalue weighted by atomic mass is 10.0. The van der Waals surface area contributed by atoms with E-state index >= 15 is 0 Å². The van der Waals surface area contributed by atoms with Crippen LogP contribution in [-0.4, -0.2) is 21.3 Å². The fraction of sp³-hybridized carbons (Fsp3) is 0.357. The maximum atomic E-state index is 11.5. The van der Waals surface area contributed by atoms with Crippen molar-refractivity contribution in [3.05, 3.63) is 39.2 Å². The van der Waals surface area contributed by atoms with Gasteiger partial charge in [-0.2, -0.15) is 16.4 Å². The van der Waals surface area contributed by atoms with Gasteiger partial charge in [-0.25, -0.2) is 4.79 Å². The predicted octanol–water partition coefficient (Wildman–Crippen LogP) is 2.97. The first kappa shape index (κ1) is 14.5. The molecule has 0 bridgehead atoms. The van der Waals surface area contributed by atoms with Crippen molar-refractivity contribution >= 4 is 23.1 Å². The number of rotatable bonds is 6. The molecule has 2 heterocycles. The van der Waals surface area contributed by atoms with Gasteiger partial charge < -0.3 is 10.4 Å². The summed E-state index contributed by atoms with van der Waals surface area (Å²) in [6.07, 6.45) is 1.31. The summed E-state index contributed by atoms with van der Waals surface area (Å²) in [5.74, 6) is -0.614. The van der Waals surface area contributed by atoms with Crippen LogP contribution in [0.4, 0.5) is 5.82 Å². The standard InChI is InChI=1S/C14H17N3O2S/c1-3-10-11(4-2)16-17-13(12(10)14(18)19)15-7-9-5-6-20-8-9/h5-6,8H,3-4,7H2,1-2H3,(H,15,17)(H,18,19). The zero-order valence-corrected chi connectivity index (χ0v) is 12.3. The number of hydrogen-bond acceptors (Lipinski definition) is 5. The molecule has 0 amide bonds. The molecule has 2 rings (SSSR count). The number of anilines is 1. The quantitative estimate of drug-likeness (QED) is 0.855. The number of carboxylic acid groups (broad SMARTS) is 1. The molecule has 0 aliphatic rings. The number of hydrogen-bond donors (Lipinski definition) is 2. The molecule has 0 aliphatic carbocycles. The second-order valence-electron chi connectivity index (χ2n) is 4.35. The summed E-state index contributed by atoms with van der Waals surface area (Å²) in [5, 5.41) is 24.7. The average Bonchev–Trinajstić information content (AvgIpc) is 2.96. The maximum Gasteiger partial charge on any atom is 0.339 e. The molecule has 0 spiro atoms. The highest BCUT2D eigenvalue weighted by molar-refractivity contribution is 7.07. The number of carboxylic acids is 1. The van der Waals surface area contributed by atoms with Gasteiger partial charge in [0.05, 0.1) is 5.69 Å². The Morgan fingerprint density at radius 3 is 2.70 bits per heavy atom. The molecule has 0 radical (unpaired) electrons. The van der Waals surface area contributed by atoms with Crippen LogP contribution in [0.1, 0.15) is 41.0 Å². The zero-order chi connectivity index (χ0) is 14.5. The van der Waals surface area contributed by atoms with Crippen LogP contribution < -0.4 is 5.32 Å². The molecule has 2 aromatic heterocycles. The normalized spacial score (nSPS) is 10.5. The van der Waals surface area contributed by atoms with E-state index in [9.17, 15) is 9.90 Å². The van der Waals surface area contributed by atoms with Crippen molar-refractivity contribution in [2.24, 2.45) is 0 Å². The molecule has 0 aliphatic heterocycles. The Morgan fingerprint density at radius 2 is 2.15 bits per heavy atom. The summed E-state index contributed by atoms with van der Waals surface area (Å²) in [4.78, 5) is 11.5. The molecule has 0 saturated heterocycles. The van der Waals surface area contributed by atoms with Crippen molar-refractivity contribution in [2.75, 3.05) is 5.32 Å². The predicted molar refractivity (Wildman–Crippen MR) is 79.4 cm³/mol. The molecule has 0 unspecified atom stereocenters. The van der Waals surface area contributed by atoms with Gasteiger partial charge in [-0.3, -0.25) is 0 Å². The highest BCUT2D eigenvalue weighted by Gasteiger charge is 2.20. The Balaban J connectivity index is 2.34. The molecule has 5 nitrogen and oxygen atoms in total. The largest absolute Gasteiger partial charge is 0.478 e. The first-order chi connectivity index (χ1) is 9.67. The third-order valence-corrected chi connectivity index (χ3v) is 3.83. The molecule has 0 aromatic carbocycles. The Labute approximate surface area is 121 Å². The summed E-state index contributed by atoms with van der Waals surface area (Å²) in [7, 11) is 0. The molecule has 0 atom stereocenters. The van der Waals surface area contributed by atoms with Gasteiger partial charge >= 0.3 is 5.97 Å². The summed E-state index contributed by atoms with van der Waals surface area (Å²) < 4.78 is 0. The van der Waals surface area contributed by atoms with Crippen molar-refractivity contribution in [2.45, 2.75) is 33.2 Å². The lowest BCUT2D eigenvalue weighted by molar-refractivity contribution is 0.0696. The first-order valence-corrected chi connectivity index (χ1v) is 7.48. The van der Waals surface area contributed by atoms with Gasteiger partial charge in [0.15, 0.2) is 5.82 Å². The van der Waals surface area contributed by atoms with Crippen LogP contribution in [-0.2, 0) is 19.4 Å². The van der Waals surface area contributed by atoms with Crippen LogP contribution in [0.2, 0.25) is 0 Å². The Bertz CT molecular complexity index is 597. The monoisotopic (exact) mass is 291 g/mol. The van der Waals surface area contributed by atoms with Gasteiger partial charge in [0.1, 0.15) is 5.56 Å². The van der Waals surface area contributed by atoms with E-state index in [-0.39, 0.29) is 5.56 Å². The van der Waals surface area contributed by atoms with Gasteiger partial charge in [-0.15, -0.1) is 5.10 Å². The van der Waals surface area contributed by atoms with Gasteiger partial charge in [-0.1, -0.05) is 13.8 Å². The van der Waals surface area contributed by atoms with Crippen LogP contribution in [0.25, 0.3) is 0 Å². The molecular formula is C14H17N3O2S. The second-order valence-corrected chi connectivity index (χ2v) is 5.13. The van der Waals surface area contributed by atoms with E-state index < -0.39 is 5.97 Å². The minimum Gasteiger partial charge on any atom is -0.478 e. The van der Waals surface area contributed by atoms with Gasteiger partial charge in [0.2, 0.25) is 0 Å². The number of nitrogens with zero attached hydrogens (tertiary/aromatic N) is 2. The van der Waals surface area contributed by atoms with Gasteiger partial charge in [0, 0.05) is 6.54 Å². The van der Waals surface area contributed by atoms with E-state index in [1.807, 2.05) is 30.7 Å². The maximum absolute atomic E-state index is 11.5. The molecule has 106 valence electrons. The van der Waals surface area contributed by atoms with E-state index in [1.54, 1.807) is 11.3 Å². The topological polar surface area (TPSA) is 75.1 Å². The van der Waals surface area contributed by atoms with E-state index in [4.69, 9.17) is 0 Å². The van der Waals surface area contributed by atoms with Crippen molar-refractivity contribution in [1.29, 1.82) is 0 Å². The van der Waals surface area contributed by atoms with Crippen molar-refractivity contribution < 1.29 is 9.90 Å². The third kappa shape index (κ3) is 2.96. The van der Waals surface area contributed by atoms with Crippen LogP contribution in [0, 0.1) is 0 Å². The number of thiophene rings is 1. The Kier molecular flexibility index (Phi) is 4.68. The van der Waals surface area contributed by atoms with E-state index in [2.05, 4.69) is 15.5 Å². The number of aryl methyl sites for hydroxylation is 1. The molecule has 2 aromatic rings. The van der Waals surface area contributed by atoms with Crippen molar-refractivity contribution in [1.82, 2.24) is 10.2 Å². The van der Waals surface area contributed by atoms with Crippen LogP contribution in [0.3, 0.4) is 0 Å². The highest BCUT2D eigenvalue weighted by Crippen LogP contribution is 2.21. The van der Waals surface area contributed by atoms with Gasteiger partial charge in [-0.05, 0) is 40.8 Å². The zero-order valence-electron chi connectivity index (χ0n) is 11.5. The van der Waals surface area contributed by atoms with Crippen molar-refractivity contribution in [3.8, 4) is 0 Å². The molecule has 0 fully saturated rings. The smallest absolute Gasteiger partial charge is 0.339 e. The lowest BCUT2D eigenvalue weighted by Crippen LogP contribution is -2.15. The average molecular weight is 291 g/mol. The second kappa shape index (κ2) is 6.47. The van der Waals surface area contributed by atoms with Crippen molar-refractivity contribution in [3.63, 3.8) is 0 Å². The van der Waals surface area contributed by atoms with Gasteiger partial charge in [0.25, 0.3) is 0 Å². The fourth-order valence-electron chi connectivity index (χ4n) is 2.11. The minimum atomic E-state index is -0.959. The summed E-state index contributed by atoms with van der Waals surface area (Å²) in [5.41, 5.74) is 2.87. The summed E-state index contributed by atoms with van der Waals surface area (Å²) >= 11 is 1.61.